The topological polar surface area (TPSA) is 58.6 Å². The van der Waals surface area contributed by atoms with Crippen LogP contribution in [0.2, 0.25) is 5.02 Å². The van der Waals surface area contributed by atoms with Gasteiger partial charge < -0.3 is 10.1 Å². The normalized spacial score (nSPS) is 13.6. The van der Waals surface area contributed by atoms with Crippen molar-refractivity contribution in [2.75, 3.05) is 16.8 Å². The summed E-state index contributed by atoms with van der Waals surface area (Å²) in [5.41, 5.74) is 4.27. The van der Waals surface area contributed by atoms with Crippen molar-refractivity contribution in [3.63, 3.8) is 0 Å². The minimum atomic E-state index is -0.433. The maximum Gasteiger partial charge on any atom is 0.282 e. The summed E-state index contributed by atoms with van der Waals surface area (Å²) in [4.78, 5) is 28.6. The minimum absolute atomic E-state index is 0.222. The second kappa shape index (κ2) is 9.51. The molecule has 0 aliphatic carbocycles. The minimum Gasteiger partial charge on any atom is -0.491 e. The van der Waals surface area contributed by atoms with Crippen molar-refractivity contribution in [1.82, 2.24) is 0 Å². The molecule has 1 heterocycles. The molecule has 0 aromatic heterocycles. The summed E-state index contributed by atoms with van der Waals surface area (Å²) < 4.78 is 5.84. The zero-order chi connectivity index (χ0) is 23.5. The summed E-state index contributed by atoms with van der Waals surface area (Å²) >= 11 is 6.10. The molecule has 0 unspecified atom stereocenters. The largest absolute Gasteiger partial charge is 0.491 e. The van der Waals surface area contributed by atoms with Crippen LogP contribution in [0.25, 0.3) is 5.57 Å². The fourth-order valence-electron chi connectivity index (χ4n) is 3.73. The van der Waals surface area contributed by atoms with Gasteiger partial charge in [-0.05, 0) is 61.7 Å². The van der Waals surface area contributed by atoms with Crippen molar-refractivity contribution in [1.29, 1.82) is 0 Å². The van der Waals surface area contributed by atoms with Gasteiger partial charge in [-0.15, -0.1) is 0 Å². The fourth-order valence-corrected chi connectivity index (χ4v) is 3.96. The van der Waals surface area contributed by atoms with E-state index < -0.39 is 11.8 Å². The Bertz CT molecular complexity index is 1250. The van der Waals surface area contributed by atoms with Gasteiger partial charge in [0.15, 0.2) is 0 Å². The molecule has 0 saturated heterocycles. The zero-order valence-corrected chi connectivity index (χ0v) is 19.6. The highest BCUT2D eigenvalue weighted by Gasteiger charge is 2.41. The van der Waals surface area contributed by atoms with Crippen LogP contribution in [-0.4, -0.2) is 18.4 Å². The van der Waals surface area contributed by atoms with Gasteiger partial charge in [-0.3, -0.25) is 9.59 Å². The summed E-state index contributed by atoms with van der Waals surface area (Å²) in [6, 6.07) is 20.0. The number of hydrogen-bond acceptors (Lipinski definition) is 4. The number of nitrogens with zero attached hydrogens (tertiary/aromatic N) is 1. The maximum atomic E-state index is 13.7. The first-order chi connectivity index (χ1) is 15.9. The van der Waals surface area contributed by atoms with Crippen LogP contribution in [0.1, 0.15) is 30.0 Å². The lowest BCUT2D eigenvalue weighted by atomic mass is 10.0. The van der Waals surface area contributed by atoms with Crippen LogP contribution in [0.5, 0.6) is 5.75 Å². The van der Waals surface area contributed by atoms with E-state index in [-0.39, 0.29) is 5.70 Å². The van der Waals surface area contributed by atoms with Crippen molar-refractivity contribution in [2.45, 2.75) is 27.2 Å². The van der Waals surface area contributed by atoms with Crippen LogP contribution in [0, 0.1) is 13.8 Å². The highest BCUT2D eigenvalue weighted by Crippen LogP contribution is 2.38. The average Bonchev–Trinajstić information content (AvgIpc) is 3.04. The molecule has 0 fully saturated rings. The predicted octanol–water partition coefficient (Wildman–Crippen LogP) is 6.14. The molecule has 33 heavy (non-hydrogen) atoms. The van der Waals surface area contributed by atoms with Crippen LogP contribution in [0.15, 0.2) is 72.4 Å². The molecule has 168 valence electrons. The molecule has 4 rings (SSSR count). The molecule has 5 nitrogen and oxygen atoms in total. The lowest BCUT2D eigenvalue weighted by molar-refractivity contribution is -0.120. The Labute approximate surface area is 198 Å². The molecular formula is C27H25ClN2O3. The molecule has 0 radical (unpaired) electrons. The highest BCUT2D eigenvalue weighted by molar-refractivity contribution is 6.46. The summed E-state index contributed by atoms with van der Waals surface area (Å²) in [7, 11) is 0. The molecule has 6 heteroatoms. The van der Waals surface area contributed by atoms with E-state index >= 15 is 0 Å². The highest BCUT2D eigenvalue weighted by atomic mass is 35.5. The van der Waals surface area contributed by atoms with Gasteiger partial charge >= 0.3 is 0 Å². The van der Waals surface area contributed by atoms with Crippen LogP contribution < -0.4 is 15.0 Å². The van der Waals surface area contributed by atoms with E-state index in [1.807, 2.05) is 57.2 Å². The van der Waals surface area contributed by atoms with E-state index in [2.05, 4.69) is 5.32 Å². The third-order valence-corrected chi connectivity index (χ3v) is 5.68. The van der Waals surface area contributed by atoms with Gasteiger partial charge in [0.1, 0.15) is 11.4 Å². The Morgan fingerprint density at radius 3 is 2.36 bits per heavy atom. The van der Waals surface area contributed by atoms with Gasteiger partial charge in [0.2, 0.25) is 0 Å². The van der Waals surface area contributed by atoms with Crippen LogP contribution in [-0.2, 0) is 9.59 Å². The first-order valence-electron chi connectivity index (χ1n) is 10.9. The van der Waals surface area contributed by atoms with Gasteiger partial charge in [-0.25, -0.2) is 4.90 Å². The van der Waals surface area contributed by atoms with Crippen LogP contribution >= 0.6 is 11.6 Å². The molecule has 1 N–H and O–H groups in total. The molecule has 1 aliphatic heterocycles. The number of para-hydroxylation sites is 2. The summed E-state index contributed by atoms with van der Waals surface area (Å²) in [5.74, 6) is -0.337. The second-order valence-corrected chi connectivity index (χ2v) is 8.40. The first-order valence-corrected chi connectivity index (χ1v) is 11.2. The molecule has 3 aromatic rings. The third kappa shape index (κ3) is 4.50. The van der Waals surface area contributed by atoms with E-state index in [1.54, 1.807) is 30.3 Å². The maximum absolute atomic E-state index is 13.7. The van der Waals surface area contributed by atoms with Gasteiger partial charge in [0.05, 0.1) is 17.9 Å². The SMILES string of the molecule is CCCOc1ccccc1N1C(=O)C(Nc2ccc(Cl)cc2C)=C(c2ccc(C)cc2)C1=O. The van der Waals surface area contributed by atoms with Crippen molar-refractivity contribution in [3.8, 4) is 5.75 Å². The summed E-state index contributed by atoms with van der Waals surface area (Å²) in [6.07, 6.45) is 0.811. The number of aryl methyl sites for hydroxylation is 2. The lowest BCUT2D eigenvalue weighted by Gasteiger charge is -2.19. The van der Waals surface area contributed by atoms with Crippen molar-refractivity contribution in [3.05, 3.63) is 94.1 Å². The third-order valence-electron chi connectivity index (χ3n) is 5.44. The molecule has 0 bridgehead atoms. The number of carbonyl (C=O) groups is 2. The van der Waals surface area contributed by atoms with E-state index in [0.717, 1.165) is 17.5 Å². The zero-order valence-electron chi connectivity index (χ0n) is 18.8. The van der Waals surface area contributed by atoms with E-state index in [1.165, 1.54) is 4.90 Å². The molecule has 2 amide bonds. The summed E-state index contributed by atoms with van der Waals surface area (Å²) in [6.45, 7) is 6.36. The van der Waals surface area contributed by atoms with Crippen molar-refractivity contribution < 1.29 is 14.3 Å². The molecule has 0 atom stereocenters. The van der Waals surface area contributed by atoms with Crippen LogP contribution in [0.4, 0.5) is 11.4 Å². The monoisotopic (exact) mass is 460 g/mol. The first kappa shape index (κ1) is 22.6. The molecule has 0 saturated carbocycles. The Balaban J connectivity index is 1.82. The Hall–Kier alpha value is -3.57. The lowest BCUT2D eigenvalue weighted by Crippen LogP contribution is -2.32. The Kier molecular flexibility index (Phi) is 6.52. The number of carbonyl (C=O) groups excluding carboxylic acids is 2. The van der Waals surface area contributed by atoms with Gasteiger partial charge in [-0.2, -0.15) is 0 Å². The summed E-state index contributed by atoms with van der Waals surface area (Å²) in [5, 5.41) is 3.81. The molecule has 0 spiro atoms. The number of ether oxygens (including phenoxy) is 1. The number of rotatable bonds is 7. The fraction of sp³-hybridized carbons (Fsp3) is 0.185. The van der Waals surface area contributed by atoms with E-state index in [9.17, 15) is 9.59 Å². The quantitative estimate of drug-likeness (QED) is 0.430. The van der Waals surface area contributed by atoms with E-state index in [0.29, 0.717) is 39.9 Å². The molecule has 1 aliphatic rings. The van der Waals surface area contributed by atoms with Gasteiger partial charge in [0.25, 0.3) is 11.8 Å². The number of amides is 2. The molecular weight excluding hydrogens is 436 g/mol. The number of anilines is 2. The van der Waals surface area contributed by atoms with Crippen molar-refractivity contribution >= 4 is 40.4 Å². The average molecular weight is 461 g/mol. The van der Waals surface area contributed by atoms with Gasteiger partial charge in [0, 0.05) is 10.7 Å². The number of nitrogens with one attached hydrogen (secondary N) is 1. The molecule has 3 aromatic carbocycles. The van der Waals surface area contributed by atoms with E-state index in [4.69, 9.17) is 16.3 Å². The number of benzene rings is 3. The second-order valence-electron chi connectivity index (χ2n) is 7.96. The van der Waals surface area contributed by atoms with Crippen LogP contribution in [0.3, 0.4) is 0 Å². The number of halogens is 1. The van der Waals surface area contributed by atoms with Crippen molar-refractivity contribution in [2.24, 2.45) is 0 Å². The Morgan fingerprint density at radius 2 is 1.67 bits per heavy atom. The number of hydrogen-bond donors (Lipinski definition) is 1. The van der Waals surface area contributed by atoms with Gasteiger partial charge in [-0.1, -0.05) is 60.5 Å². The predicted molar refractivity (Wildman–Crippen MR) is 133 cm³/mol. The standard InChI is InChI=1S/C27H25ClN2O3/c1-4-15-33-23-8-6-5-7-22(23)30-26(31)24(19-11-9-17(2)10-12-19)25(27(30)32)29-21-14-13-20(28)16-18(21)3/h5-14,16,29H,4,15H2,1-3H3. The Morgan fingerprint density at radius 1 is 0.939 bits per heavy atom. The number of imide groups is 1. The smallest absolute Gasteiger partial charge is 0.282 e.